The van der Waals surface area contributed by atoms with Crippen molar-refractivity contribution in [1.82, 2.24) is 14.3 Å². The second-order valence-corrected chi connectivity index (χ2v) is 8.96. The van der Waals surface area contributed by atoms with Gasteiger partial charge >= 0.3 is 0 Å². The van der Waals surface area contributed by atoms with Gasteiger partial charge < -0.3 is 14.6 Å². The average Bonchev–Trinajstić information content (AvgIpc) is 3.26. The Morgan fingerprint density at radius 1 is 1.16 bits per heavy atom. The Kier molecular flexibility index (Phi) is 5.11. The molecule has 1 aliphatic heterocycles. The highest BCUT2D eigenvalue weighted by atomic mass is 32.1. The third kappa shape index (κ3) is 3.55. The van der Waals surface area contributed by atoms with E-state index in [-0.39, 0.29) is 23.2 Å². The first-order valence-corrected chi connectivity index (χ1v) is 11.3. The molecule has 7 nitrogen and oxygen atoms in total. The van der Waals surface area contributed by atoms with Gasteiger partial charge in [-0.05, 0) is 48.2 Å². The number of benzene rings is 1. The number of anilines is 1. The minimum absolute atomic E-state index is 0.0324. The van der Waals surface area contributed by atoms with Crippen molar-refractivity contribution < 1.29 is 4.74 Å². The van der Waals surface area contributed by atoms with E-state index in [1.165, 1.54) is 26.4 Å². The summed E-state index contributed by atoms with van der Waals surface area (Å²) in [4.78, 5) is 25.5. The molecule has 31 heavy (non-hydrogen) atoms. The second-order valence-electron chi connectivity index (χ2n) is 8.01. The normalized spacial score (nSPS) is 16.1. The van der Waals surface area contributed by atoms with Gasteiger partial charge in [0.2, 0.25) is 0 Å². The minimum Gasteiger partial charge on any atom is -0.381 e. The van der Waals surface area contributed by atoms with Crippen LogP contribution in [-0.2, 0) is 11.8 Å². The number of nitrogens with one attached hydrogen (secondary N) is 1. The first kappa shape index (κ1) is 20.0. The molecular weight excluding hydrogens is 412 g/mol. The summed E-state index contributed by atoms with van der Waals surface area (Å²) >= 11 is 1.71. The fraction of sp³-hybridized carbons (Fsp3) is 0.348. The fourth-order valence-corrected chi connectivity index (χ4v) is 5.19. The average molecular weight is 437 g/mol. The Hall–Kier alpha value is -2.97. The van der Waals surface area contributed by atoms with Crippen LogP contribution in [0, 0.1) is 0 Å². The number of fused-ring (bicyclic) bond motifs is 2. The molecule has 0 aliphatic carbocycles. The number of hydrogen-bond donors (Lipinski definition) is 1. The molecule has 1 aliphatic rings. The van der Waals surface area contributed by atoms with Crippen molar-refractivity contribution in [2.24, 2.45) is 7.05 Å². The summed E-state index contributed by atoms with van der Waals surface area (Å²) in [6, 6.07) is 9.89. The Morgan fingerprint density at radius 3 is 2.77 bits per heavy atom. The van der Waals surface area contributed by atoms with E-state index in [0.717, 1.165) is 12.8 Å². The van der Waals surface area contributed by atoms with Crippen molar-refractivity contribution in [3.63, 3.8) is 0 Å². The monoisotopic (exact) mass is 436 g/mol. The summed E-state index contributed by atoms with van der Waals surface area (Å²) in [7, 11) is 1.61. The molecule has 3 aromatic heterocycles. The zero-order valence-electron chi connectivity index (χ0n) is 17.5. The lowest BCUT2D eigenvalue weighted by atomic mass is 10.0. The van der Waals surface area contributed by atoms with E-state index in [1.54, 1.807) is 29.1 Å². The largest absolute Gasteiger partial charge is 0.381 e. The maximum atomic E-state index is 12.8. The molecular formula is C23H24N4O3S. The standard InChI is InChI=1S/C23H24N4O3S/c1-14(16-4-3-5-20-17(16)8-11-31-20)24-22-19-13-27(15-6-9-30-10-7-15)21(28)12-18(19)23(29)26(2)25-22/h3-5,8,11-15H,6-7,9-10H2,1-2H3,(H,24,25)/t14-/m1/s1. The van der Waals surface area contributed by atoms with Crippen LogP contribution in [0.4, 0.5) is 5.82 Å². The number of rotatable bonds is 4. The molecule has 1 fully saturated rings. The number of aryl methyl sites for hydroxylation is 1. The molecule has 0 unspecified atom stereocenters. The number of hydrogen-bond acceptors (Lipinski definition) is 6. The Balaban J connectivity index is 1.62. The molecule has 0 spiro atoms. The van der Waals surface area contributed by atoms with Gasteiger partial charge in [-0.3, -0.25) is 9.59 Å². The zero-order chi connectivity index (χ0) is 21.5. The number of thiophene rings is 1. The van der Waals surface area contributed by atoms with E-state index >= 15 is 0 Å². The predicted octanol–water partition coefficient (Wildman–Crippen LogP) is 3.83. The van der Waals surface area contributed by atoms with Crippen molar-refractivity contribution in [2.45, 2.75) is 31.8 Å². The Labute approximate surface area is 182 Å². The van der Waals surface area contributed by atoms with Gasteiger partial charge in [-0.2, -0.15) is 5.10 Å². The van der Waals surface area contributed by atoms with Gasteiger partial charge in [0.25, 0.3) is 11.1 Å². The van der Waals surface area contributed by atoms with Crippen LogP contribution in [0.3, 0.4) is 0 Å². The van der Waals surface area contributed by atoms with E-state index in [4.69, 9.17) is 4.74 Å². The third-order valence-electron chi connectivity index (χ3n) is 6.04. The van der Waals surface area contributed by atoms with Crippen LogP contribution in [0.25, 0.3) is 20.9 Å². The Morgan fingerprint density at radius 2 is 1.97 bits per heavy atom. The van der Waals surface area contributed by atoms with Crippen LogP contribution >= 0.6 is 11.3 Å². The van der Waals surface area contributed by atoms with Gasteiger partial charge in [-0.1, -0.05) is 12.1 Å². The van der Waals surface area contributed by atoms with Crippen LogP contribution in [0.1, 0.15) is 37.4 Å². The molecule has 0 radical (unpaired) electrons. The number of aromatic nitrogens is 3. The van der Waals surface area contributed by atoms with Crippen LogP contribution in [0.5, 0.6) is 0 Å². The number of ether oxygens (including phenoxy) is 1. The first-order chi connectivity index (χ1) is 15.0. The van der Waals surface area contributed by atoms with E-state index in [0.29, 0.717) is 29.8 Å². The molecule has 160 valence electrons. The Bertz CT molecular complexity index is 1380. The van der Waals surface area contributed by atoms with Crippen molar-refractivity contribution in [1.29, 1.82) is 0 Å². The van der Waals surface area contributed by atoms with Crippen molar-refractivity contribution >= 4 is 38.0 Å². The summed E-state index contributed by atoms with van der Waals surface area (Å²) in [5.41, 5.74) is 0.731. The lowest BCUT2D eigenvalue weighted by Gasteiger charge is -2.25. The minimum atomic E-state index is -0.274. The van der Waals surface area contributed by atoms with E-state index < -0.39 is 0 Å². The van der Waals surface area contributed by atoms with Crippen molar-refractivity contribution in [3.8, 4) is 0 Å². The fourth-order valence-electron chi connectivity index (χ4n) is 4.37. The van der Waals surface area contributed by atoms with E-state index in [9.17, 15) is 9.59 Å². The molecule has 1 aromatic carbocycles. The predicted molar refractivity (Wildman–Crippen MR) is 124 cm³/mol. The van der Waals surface area contributed by atoms with Gasteiger partial charge in [0.1, 0.15) is 0 Å². The van der Waals surface area contributed by atoms with E-state index in [2.05, 4.69) is 47.0 Å². The molecule has 1 atom stereocenters. The van der Waals surface area contributed by atoms with Crippen LogP contribution in [-0.4, -0.2) is 27.6 Å². The smallest absolute Gasteiger partial charge is 0.274 e. The molecule has 4 heterocycles. The first-order valence-electron chi connectivity index (χ1n) is 10.5. The highest BCUT2D eigenvalue weighted by Gasteiger charge is 2.20. The molecule has 0 amide bonds. The summed E-state index contributed by atoms with van der Waals surface area (Å²) in [6.45, 7) is 3.35. The van der Waals surface area contributed by atoms with Crippen molar-refractivity contribution in [2.75, 3.05) is 18.5 Å². The lowest BCUT2D eigenvalue weighted by molar-refractivity contribution is 0.0688. The summed E-state index contributed by atoms with van der Waals surface area (Å²) in [6.07, 6.45) is 3.36. The van der Waals surface area contributed by atoms with Crippen LogP contribution in [0.2, 0.25) is 0 Å². The van der Waals surface area contributed by atoms with E-state index in [1.807, 2.05) is 0 Å². The molecule has 0 bridgehead atoms. The van der Waals surface area contributed by atoms with Crippen molar-refractivity contribution in [3.05, 3.63) is 68.2 Å². The quantitative estimate of drug-likeness (QED) is 0.526. The molecule has 1 N–H and O–H groups in total. The number of nitrogens with zero attached hydrogens (tertiary/aromatic N) is 3. The SMILES string of the molecule is C[C@@H](Nc1nn(C)c(=O)c2cc(=O)n(C3CCOCC3)cc12)c1cccc2sccc12. The highest BCUT2D eigenvalue weighted by molar-refractivity contribution is 7.17. The maximum absolute atomic E-state index is 12.8. The van der Waals surface area contributed by atoms with Gasteiger partial charge in [0.05, 0.1) is 11.4 Å². The summed E-state index contributed by atoms with van der Waals surface area (Å²) < 4.78 is 9.71. The van der Waals surface area contributed by atoms with Crippen LogP contribution < -0.4 is 16.4 Å². The molecule has 4 aromatic rings. The van der Waals surface area contributed by atoms with Gasteiger partial charge in [0.15, 0.2) is 5.82 Å². The van der Waals surface area contributed by atoms with Gasteiger partial charge in [-0.25, -0.2) is 4.68 Å². The zero-order valence-corrected chi connectivity index (χ0v) is 18.3. The third-order valence-corrected chi connectivity index (χ3v) is 6.93. The summed E-state index contributed by atoms with van der Waals surface area (Å²) in [5, 5.41) is 12.3. The van der Waals surface area contributed by atoms with Crippen LogP contribution in [0.15, 0.2) is 51.5 Å². The molecule has 1 saturated heterocycles. The topological polar surface area (TPSA) is 78.2 Å². The van der Waals surface area contributed by atoms with Gasteiger partial charge in [-0.15, -0.1) is 11.3 Å². The highest BCUT2D eigenvalue weighted by Crippen LogP contribution is 2.31. The molecule has 8 heteroatoms. The lowest BCUT2D eigenvalue weighted by Crippen LogP contribution is -2.30. The summed E-state index contributed by atoms with van der Waals surface area (Å²) in [5.74, 6) is 0.595. The maximum Gasteiger partial charge on any atom is 0.274 e. The second kappa shape index (κ2) is 7.94. The molecule has 5 rings (SSSR count). The molecule has 0 saturated carbocycles. The van der Waals surface area contributed by atoms with Gasteiger partial charge in [0, 0.05) is 48.7 Å². The number of pyridine rings is 1.